The van der Waals surface area contributed by atoms with Gasteiger partial charge in [-0.05, 0) is 66.9 Å². The topological polar surface area (TPSA) is 85.8 Å². The van der Waals surface area contributed by atoms with Crippen LogP contribution in [0.15, 0.2) is 65.7 Å². The van der Waals surface area contributed by atoms with Gasteiger partial charge in [0.05, 0.1) is 29.9 Å². The quantitative estimate of drug-likeness (QED) is 0.444. The molecule has 1 aliphatic heterocycles. The van der Waals surface area contributed by atoms with Gasteiger partial charge in [0, 0.05) is 12.6 Å². The number of anilines is 1. The molecule has 1 atom stereocenters. The second kappa shape index (κ2) is 10.3. The number of esters is 1. The maximum absolute atomic E-state index is 13.9. The Kier molecular flexibility index (Phi) is 7.16. The van der Waals surface area contributed by atoms with Crippen LogP contribution in [-0.4, -0.2) is 39.1 Å². The summed E-state index contributed by atoms with van der Waals surface area (Å²) in [5, 5.41) is 0. The average Bonchev–Trinajstić information content (AvgIpc) is 2.86. The van der Waals surface area contributed by atoms with Crippen molar-refractivity contribution in [2.75, 3.05) is 18.0 Å². The number of sulfonamides is 1. The summed E-state index contributed by atoms with van der Waals surface area (Å²) in [6.45, 7) is 1.85. The maximum Gasteiger partial charge on any atom is 0.305 e. The summed E-state index contributed by atoms with van der Waals surface area (Å²) in [7, 11) is -2.62. The number of carbonyl (C=O) groups excluding carboxylic acids is 1. The summed E-state index contributed by atoms with van der Waals surface area (Å²) >= 11 is 0. The molecule has 0 fully saturated rings. The molecule has 0 aliphatic carbocycles. The number of methoxy groups -OCH3 is 1. The van der Waals surface area contributed by atoms with Crippen molar-refractivity contribution in [3.05, 3.63) is 83.4 Å². The third-order valence-corrected chi connectivity index (χ3v) is 7.39. The van der Waals surface area contributed by atoms with E-state index in [2.05, 4.69) is 4.98 Å². The van der Waals surface area contributed by atoms with E-state index in [9.17, 15) is 17.6 Å². The zero-order chi connectivity index (χ0) is 25.0. The van der Waals surface area contributed by atoms with Crippen molar-refractivity contribution >= 4 is 33.8 Å². The van der Waals surface area contributed by atoms with E-state index in [1.165, 1.54) is 35.8 Å². The van der Waals surface area contributed by atoms with E-state index in [4.69, 9.17) is 9.47 Å². The molecule has 0 saturated carbocycles. The van der Waals surface area contributed by atoms with Gasteiger partial charge >= 0.3 is 5.97 Å². The van der Waals surface area contributed by atoms with Gasteiger partial charge < -0.3 is 9.47 Å². The Bertz CT molecular complexity index is 1370. The first-order chi connectivity index (χ1) is 16.8. The molecule has 1 aromatic heterocycles. The summed E-state index contributed by atoms with van der Waals surface area (Å²) in [6, 6.07) is 14.6. The molecule has 0 amide bonds. The van der Waals surface area contributed by atoms with Gasteiger partial charge in [-0.1, -0.05) is 24.3 Å². The fourth-order valence-electron chi connectivity index (χ4n) is 3.79. The summed E-state index contributed by atoms with van der Waals surface area (Å²) in [5.74, 6) is -0.472. The Balaban J connectivity index is 1.72. The smallest absolute Gasteiger partial charge is 0.305 e. The molecule has 0 saturated heterocycles. The van der Waals surface area contributed by atoms with E-state index < -0.39 is 27.9 Å². The molecule has 1 aliphatic rings. The highest BCUT2D eigenvalue weighted by Gasteiger charge is 2.35. The van der Waals surface area contributed by atoms with E-state index in [1.807, 2.05) is 13.0 Å². The number of aromatic nitrogens is 1. The Hall–Kier alpha value is -3.72. The number of nitrogens with zero attached hydrogens (tertiary/aromatic N) is 2. The van der Waals surface area contributed by atoms with Gasteiger partial charge in [-0.15, -0.1) is 0 Å². The lowest BCUT2D eigenvalue weighted by Crippen LogP contribution is -2.43. The third-order valence-electron chi connectivity index (χ3n) is 5.61. The Morgan fingerprint density at radius 3 is 2.77 bits per heavy atom. The molecule has 0 radical (unpaired) electrons. The molecule has 35 heavy (non-hydrogen) atoms. The van der Waals surface area contributed by atoms with Gasteiger partial charge in [-0.3, -0.25) is 14.1 Å². The Morgan fingerprint density at radius 1 is 1.20 bits per heavy atom. The summed E-state index contributed by atoms with van der Waals surface area (Å²) < 4.78 is 53.4. The highest BCUT2D eigenvalue weighted by Crippen LogP contribution is 2.39. The van der Waals surface area contributed by atoms with Crippen LogP contribution in [0.25, 0.3) is 12.2 Å². The van der Waals surface area contributed by atoms with Crippen molar-refractivity contribution in [2.45, 2.75) is 30.8 Å². The molecular weight excluding hydrogens is 471 g/mol. The standard InChI is InChI=1S/C26H25FN2O5S/c1-18-5-3-6-21(15-18)35(31,32)29-17-20(10-13-26(30)33-2)34-25-12-9-19(16-24(25)29)8-11-23-22(27)7-4-14-28-23/h3-9,11-12,14-16,20H,10,13,17H2,1-2H3/b11-8+/t20-/m0/s1. The molecular formula is C26H25FN2O5S. The van der Waals surface area contributed by atoms with Crippen LogP contribution in [0.4, 0.5) is 10.1 Å². The normalized spacial score (nSPS) is 15.5. The van der Waals surface area contributed by atoms with Gasteiger partial charge in [0.2, 0.25) is 0 Å². The molecule has 2 aromatic carbocycles. The summed E-state index contributed by atoms with van der Waals surface area (Å²) in [5.41, 5.74) is 2.00. The summed E-state index contributed by atoms with van der Waals surface area (Å²) in [6.07, 6.45) is 4.54. The lowest BCUT2D eigenvalue weighted by atomic mass is 10.1. The minimum atomic E-state index is -3.92. The lowest BCUT2D eigenvalue weighted by Gasteiger charge is -2.35. The summed E-state index contributed by atoms with van der Waals surface area (Å²) in [4.78, 5) is 15.8. The molecule has 0 spiro atoms. The molecule has 0 bridgehead atoms. The van der Waals surface area contributed by atoms with Crippen molar-refractivity contribution in [1.29, 1.82) is 0 Å². The predicted octanol–water partition coefficient (Wildman–Crippen LogP) is 4.61. The van der Waals surface area contributed by atoms with Crippen LogP contribution in [0.1, 0.15) is 29.7 Å². The molecule has 0 N–H and O–H groups in total. The zero-order valence-electron chi connectivity index (χ0n) is 19.3. The Labute approximate surface area is 203 Å². The van der Waals surface area contributed by atoms with Crippen LogP contribution in [0, 0.1) is 12.7 Å². The second-order valence-corrected chi connectivity index (χ2v) is 10.0. The van der Waals surface area contributed by atoms with Gasteiger partial charge in [0.1, 0.15) is 17.7 Å². The van der Waals surface area contributed by atoms with Crippen LogP contribution in [0.5, 0.6) is 5.75 Å². The van der Waals surface area contributed by atoms with Crippen molar-refractivity contribution in [2.24, 2.45) is 0 Å². The van der Waals surface area contributed by atoms with Crippen molar-refractivity contribution in [1.82, 2.24) is 4.98 Å². The molecule has 182 valence electrons. The van der Waals surface area contributed by atoms with E-state index in [0.717, 1.165) is 5.56 Å². The van der Waals surface area contributed by atoms with Crippen molar-refractivity contribution in [3.8, 4) is 5.75 Å². The first-order valence-electron chi connectivity index (χ1n) is 11.0. The number of pyridine rings is 1. The first kappa shape index (κ1) is 24.4. The predicted molar refractivity (Wildman–Crippen MR) is 131 cm³/mol. The minimum absolute atomic E-state index is 0.0301. The van der Waals surface area contributed by atoms with Crippen LogP contribution in [0.2, 0.25) is 0 Å². The number of halogens is 1. The first-order valence-corrected chi connectivity index (χ1v) is 12.5. The maximum atomic E-state index is 13.9. The highest BCUT2D eigenvalue weighted by atomic mass is 32.2. The van der Waals surface area contributed by atoms with Crippen LogP contribution < -0.4 is 9.04 Å². The fraction of sp³-hybridized carbons (Fsp3) is 0.231. The van der Waals surface area contributed by atoms with E-state index in [0.29, 0.717) is 23.4 Å². The Morgan fingerprint density at radius 2 is 2.03 bits per heavy atom. The SMILES string of the molecule is COC(=O)CC[C@H]1CN(S(=O)(=O)c2cccc(C)c2)c2cc(/C=C/c3ncccc3F)ccc2O1. The van der Waals surface area contributed by atoms with Gasteiger partial charge in [0.25, 0.3) is 10.0 Å². The molecule has 2 heterocycles. The van der Waals surface area contributed by atoms with E-state index in [1.54, 1.807) is 42.5 Å². The molecule has 4 rings (SSSR count). The monoisotopic (exact) mass is 496 g/mol. The minimum Gasteiger partial charge on any atom is -0.486 e. The van der Waals surface area contributed by atoms with Gasteiger partial charge in [-0.25, -0.2) is 12.8 Å². The van der Waals surface area contributed by atoms with E-state index in [-0.39, 0.29) is 23.6 Å². The number of rotatable bonds is 7. The van der Waals surface area contributed by atoms with Crippen molar-refractivity contribution in [3.63, 3.8) is 0 Å². The number of carbonyl (C=O) groups is 1. The largest absolute Gasteiger partial charge is 0.486 e. The second-order valence-electron chi connectivity index (χ2n) is 8.14. The van der Waals surface area contributed by atoms with Gasteiger partial charge in [-0.2, -0.15) is 0 Å². The lowest BCUT2D eigenvalue weighted by molar-refractivity contribution is -0.141. The molecule has 7 nitrogen and oxygen atoms in total. The number of fused-ring (bicyclic) bond motifs is 1. The highest BCUT2D eigenvalue weighted by molar-refractivity contribution is 7.92. The number of hydrogen-bond donors (Lipinski definition) is 0. The molecule has 9 heteroatoms. The molecule has 3 aromatic rings. The number of ether oxygens (including phenoxy) is 2. The molecule has 0 unspecified atom stereocenters. The van der Waals surface area contributed by atoms with Gasteiger partial charge in [0.15, 0.2) is 0 Å². The average molecular weight is 497 g/mol. The van der Waals surface area contributed by atoms with Crippen LogP contribution in [0.3, 0.4) is 0 Å². The zero-order valence-corrected chi connectivity index (χ0v) is 20.2. The van der Waals surface area contributed by atoms with E-state index >= 15 is 0 Å². The van der Waals surface area contributed by atoms with Crippen LogP contribution >= 0.6 is 0 Å². The fourth-order valence-corrected chi connectivity index (χ4v) is 5.39. The van der Waals surface area contributed by atoms with Crippen LogP contribution in [-0.2, 0) is 19.6 Å². The van der Waals surface area contributed by atoms with Crippen molar-refractivity contribution < 1.29 is 27.1 Å². The number of benzene rings is 2. The number of hydrogen-bond acceptors (Lipinski definition) is 6. The number of aryl methyl sites for hydroxylation is 1. The third kappa shape index (κ3) is 5.51.